The van der Waals surface area contributed by atoms with Crippen molar-refractivity contribution >= 4 is 0 Å². The van der Waals surface area contributed by atoms with Crippen LogP contribution in [0.15, 0.2) is 18.2 Å². The van der Waals surface area contributed by atoms with Gasteiger partial charge in [0.25, 0.3) is 0 Å². The first kappa shape index (κ1) is 11.4. The normalized spacial score (nSPS) is 24.7. The smallest absolute Gasteiger partial charge is 0.124 e. The number of methoxy groups -OCH3 is 1. The molecule has 1 aliphatic rings. The third kappa shape index (κ3) is 1.80. The van der Waals surface area contributed by atoms with Gasteiger partial charge in [0.15, 0.2) is 0 Å². The maximum absolute atomic E-state index is 13.4. The lowest BCUT2D eigenvalue weighted by Gasteiger charge is -2.30. The summed E-state index contributed by atoms with van der Waals surface area (Å²) < 4.78 is 18.7. The van der Waals surface area contributed by atoms with Crippen LogP contribution in [-0.2, 0) is 5.54 Å². The first-order chi connectivity index (χ1) is 7.72. The molecule has 2 rings (SSSR count). The van der Waals surface area contributed by atoms with Crippen LogP contribution in [-0.4, -0.2) is 13.7 Å². The zero-order valence-electron chi connectivity index (χ0n) is 9.85. The average Bonchev–Trinajstić information content (AvgIpc) is 2.78. The van der Waals surface area contributed by atoms with Crippen LogP contribution in [0.5, 0.6) is 5.75 Å². The maximum Gasteiger partial charge on any atom is 0.124 e. The van der Waals surface area contributed by atoms with Crippen molar-refractivity contribution in [2.45, 2.75) is 31.7 Å². The Morgan fingerprint density at radius 2 is 2.31 bits per heavy atom. The molecule has 16 heavy (non-hydrogen) atoms. The number of hydrogen-bond donors (Lipinski definition) is 1. The summed E-state index contributed by atoms with van der Waals surface area (Å²) >= 11 is 0. The van der Waals surface area contributed by atoms with E-state index in [1.165, 1.54) is 6.07 Å². The second kappa shape index (κ2) is 4.42. The predicted molar refractivity (Wildman–Crippen MR) is 62.2 cm³/mol. The molecular formula is C13H18FNO. The largest absolute Gasteiger partial charge is 0.496 e. The number of halogens is 1. The Bertz CT molecular complexity index is 372. The van der Waals surface area contributed by atoms with E-state index in [4.69, 9.17) is 4.74 Å². The highest BCUT2D eigenvalue weighted by Gasteiger charge is 2.35. The first-order valence-electron chi connectivity index (χ1n) is 5.81. The Kier molecular flexibility index (Phi) is 3.15. The van der Waals surface area contributed by atoms with Crippen LogP contribution in [0.2, 0.25) is 0 Å². The minimum Gasteiger partial charge on any atom is -0.496 e. The molecular weight excluding hydrogens is 205 g/mol. The monoisotopic (exact) mass is 223 g/mol. The fraction of sp³-hybridized carbons (Fsp3) is 0.538. The molecule has 88 valence electrons. The Labute approximate surface area is 95.8 Å². The molecule has 1 fully saturated rings. The molecule has 1 aromatic carbocycles. The van der Waals surface area contributed by atoms with Gasteiger partial charge in [-0.15, -0.1) is 0 Å². The molecule has 1 N–H and O–H groups in total. The summed E-state index contributed by atoms with van der Waals surface area (Å²) in [6, 6.07) is 4.75. The molecule has 0 bridgehead atoms. The highest BCUT2D eigenvalue weighted by molar-refractivity contribution is 5.40. The van der Waals surface area contributed by atoms with Gasteiger partial charge >= 0.3 is 0 Å². The molecule has 0 aromatic heterocycles. The number of ether oxygens (including phenoxy) is 1. The van der Waals surface area contributed by atoms with Crippen LogP contribution >= 0.6 is 0 Å². The zero-order valence-corrected chi connectivity index (χ0v) is 9.85. The number of rotatable bonds is 3. The predicted octanol–water partition coefficient (Wildman–Crippen LogP) is 2.82. The fourth-order valence-corrected chi connectivity index (χ4v) is 2.58. The Morgan fingerprint density at radius 1 is 1.50 bits per heavy atom. The number of benzene rings is 1. The van der Waals surface area contributed by atoms with Gasteiger partial charge in [0.2, 0.25) is 0 Å². The van der Waals surface area contributed by atoms with Gasteiger partial charge in [-0.3, -0.25) is 0 Å². The van der Waals surface area contributed by atoms with E-state index in [0.717, 1.165) is 37.1 Å². The van der Waals surface area contributed by atoms with E-state index in [1.54, 1.807) is 19.2 Å². The summed E-state index contributed by atoms with van der Waals surface area (Å²) in [4.78, 5) is 0. The van der Waals surface area contributed by atoms with E-state index >= 15 is 0 Å². The third-order valence-electron chi connectivity index (χ3n) is 3.52. The van der Waals surface area contributed by atoms with Crippen LogP contribution in [0.4, 0.5) is 4.39 Å². The second-order valence-electron chi connectivity index (χ2n) is 4.31. The molecule has 1 unspecified atom stereocenters. The highest BCUT2D eigenvalue weighted by atomic mass is 19.1. The van der Waals surface area contributed by atoms with Gasteiger partial charge in [-0.25, -0.2) is 4.39 Å². The van der Waals surface area contributed by atoms with Crippen LogP contribution in [0.25, 0.3) is 0 Å². The highest BCUT2D eigenvalue weighted by Crippen LogP contribution is 2.39. The fourth-order valence-electron chi connectivity index (χ4n) is 2.58. The van der Waals surface area contributed by atoms with Crippen molar-refractivity contribution in [2.75, 3.05) is 13.7 Å². The molecule has 2 nitrogen and oxygen atoms in total. The van der Waals surface area contributed by atoms with Gasteiger partial charge < -0.3 is 10.1 Å². The SMILES string of the molecule is CCC1(c2cc(F)ccc2OC)CCCN1. The first-order valence-corrected chi connectivity index (χ1v) is 5.81. The van der Waals surface area contributed by atoms with Crippen molar-refractivity contribution in [2.24, 2.45) is 0 Å². The van der Waals surface area contributed by atoms with Crippen molar-refractivity contribution in [3.63, 3.8) is 0 Å². The molecule has 1 atom stereocenters. The lowest BCUT2D eigenvalue weighted by atomic mass is 9.85. The van der Waals surface area contributed by atoms with Crippen LogP contribution in [0.1, 0.15) is 31.7 Å². The van der Waals surface area contributed by atoms with Crippen molar-refractivity contribution in [1.29, 1.82) is 0 Å². The van der Waals surface area contributed by atoms with Gasteiger partial charge in [0, 0.05) is 11.1 Å². The van der Waals surface area contributed by atoms with Crippen molar-refractivity contribution in [1.82, 2.24) is 5.32 Å². The van der Waals surface area contributed by atoms with Gasteiger partial charge in [-0.1, -0.05) is 6.92 Å². The second-order valence-corrected chi connectivity index (χ2v) is 4.31. The van der Waals surface area contributed by atoms with Crippen molar-refractivity contribution in [3.8, 4) is 5.75 Å². The summed E-state index contributed by atoms with van der Waals surface area (Å²) in [5.74, 6) is 0.579. The Morgan fingerprint density at radius 3 is 2.88 bits per heavy atom. The van der Waals surface area contributed by atoms with E-state index in [-0.39, 0.29) is 11.4 Å². The summed E-state index contributed by atoms with van der Waals surface area (Å²) in [6.45, 7) is 3.12. The van der Waals surface area contributed by atoms with E-state index < -0.39 is 0 Å². The van der Waals surface area contributed by atoms with Crippen molar-refractivity contribution < 1.29 is 9.13 Å². The molecule has 0 amide bonds. The number of nitrogens with one attached hydrogen (secondary N) is 1. The Balaban J connectivity index is 2.47. The third-order valence-corrected chi connectivity index (χ3v) is 3.52. The minimum absolute atomic E-state index is 0.104. The molecule has 1 aromatic rings. The molecule has 0 saturated carbocycles. The van der Waals surface area contributed by atoms with E-state index in [0.29, 0.717) is 0 Å². The zero-order chi connectivity index (χ0) is 11.6. The van der Waals surface area contributed by atoms with Crippen LogP contribution < -0.4 is 10.1 Å². The standard InChI is InChI=1S/C13H18FNO/c1-3-13(7-4-8-15-13)11-9-10(14)5-6-12(11)16-2/h5-6,9,15H,3-4,7-8H2,1-2H3. The van der Waals surface area contributed by atoms with Gasteiger partial charge in [-0.2, -0.15) is 0 Å². The van der Waals surface area contributed by atoms with Gasteiger partial charge in [0.05, 0.1) is 7.11 Å². The quantitative estimate of drug-likeness (QED) is 0.850. The molecule has 0 aliphatic carbocycles. The topological polar surface area (TPSA) is 21.3 Å². The summed E-state index contributed by atoms with van der Waals surface area (Å²) in [5.41, 5.74) is 0.850. The number of hydrogen-bond acceptors (Lipinski definition) is 2. The summed E-state index contributed by atoms with van der Waals surface area (Å²) in [7, 11) is 1.63. The van der Waals surface area contributed by atoms with E-state index in [2.05, 4.69) is 12.2 Å². The average molecular weight is 223 g/mol. The molecule has 1 heterocycles. The lowest BCUT2D eigenvalue weighted by molar-refractivity contribution is 0.340. The van der Waals surface area contributed by atoms with E-state index in [1.807, 2.05) is 0 Å². The van der Waals surface area contributed by atoms with Gasteiger partial charge in [-0.05, 0) is 44.0 Å². The van der Waals surface area contributed by atoms with Gasteiger partial charge in [0.1, 0.15) is 11.6 Å². The Hall–Kier alpha value is -1.09. The molecule has 0 radical (unpaired) electrons. The lowest BCUT2D eigenvalue weighted by Crippen LogP contribution is -2.36. The minimum atomic E-state index is -0.197. The molecule has 3 heteroatoms. The summed E-state index contributed by atoms with van der Waals surface area (Å²) in [6.07, 6.45) is 3.13. The molecule has 1 saturated heterocycles. The molecule has 1 aliphatic heterocycles. The summed E-state index contributed by atoms with van der Waals surface area (Å²) in [5, 5.41) is 3.49. The van der Waals surface area contributed by atoms with E-state index in [9.17, 15) is 4.39 Å². The molecule has 0 spiro atoms. The van der Waals surface area contributed by atoms with Crippen molar-refractivity contribution in [3.05, 3.63) is 29.6 Å². The maximum atomic E-state index is 13.4. The van der Waals surface area contributed by atoms with Crippen LogP contribution in [0.3, 0.4) is 0 Å². The van der Waals surface area contributed by atoms with Crippen LogP contribution in [0, 0.1) is 5.82 Å².